The van der Waals surface area contributed by atoms with Gasteiger partial charge >= 0.3 is 0 Å². The third-order valence-corrected chi connectivity index (χ3v) is 2.90. The number of nitrogens with zero attached hydrogens (tertiary/aromatic N) is 1. The summed E-state index contributed by atoms with van der Waals surface area (Å²) in [5, 5.41) is 6.57. The molecule has 0 aliphatic heterocycles. The zero-order chi connectivity index (χ0) is 13.1. The number of hydrogen-bond donors (Lipinski definition) is 2. The summed E-state index contributed by atoms with van der Waals surface area (Å²) in [6.07, 6.45) is 0. The van der Waals surface area contributed by atoms with Gasteiger partial charge in [0.25, 0.3) is 5.56 Å². The van der Waals surface area contributed by atoms with Crippen molar-refractivity contribution in [3.05, 3.63) is 55.9 Å². The molecule has 0 atom stereocenters. The lowest BCUT2D eigenvalue weighted by Crippen LogP contribution is -2.17. The number of aromatic amines is 2. The molecule has 1 heterocycles. The quantitative estimate of drug-likeness (QED) is 0.907. The van der Waals surface area contributed by atoms with Crippen molar-refractivity contribution in [2.75, 3.05) is 7.05 Å². The summed E-state index contributed by atoms with van der Waals surface area (Å²) in [6, 6.07) is 7.01. The summed E-state index contributed by atoms with van der Waals surface area (Å²) >= 11 is 11.9. The number of benzene rings is 1. The SMILES string of the molecule is CN(Cc1cc(Cl)cc(Cl)c1)Cc1cc(=O)[nH][nH]1. The van der Waals surface area contributed by atoms with Crippen LogP contribution in [-0.4, -0.2) is 22.1 Å². The zero-order valence-corrected chi connectivity index (χ0v) is 11.3. The first-order valence-corrected chi connectivity index (χ1v) is 6.18. The lowest BCUT2D eigenvalue weighted by Gasteiger charge is -2.15. The summed E-state index contributed by atoms with van der Waals surface area (Å²) in [4.78, 5) is 13.0. The average molecular weight is 286 g/mol. The van der Waals surface area contributed by atoms with E-state index in [1.807, 2.05) is 19.2 Å². The Morgan fingerprint density at radius 1 is 1.06 bits per heavy atom. The van der Waals surface area contributed by atoms with Crippen molar-refractivity contribution in [1.82, 2.24) is 15.1 Å². The second-order valence-electron chi connectivity index (χ2n) is 4.23. The van der Waals surface area contributed by atoms with Gasteiger partial charge in [-0.2, -0.15) is 0 Å². The number of aromatic nitrogens is 2. The highest BCUT2D eigenvalue weighted by atomic mass is 35.5. The smallest absolute Gasteiger partial charge is 0.264 e. The molecule has 0 bridgehead atoms. The summed E-state index contributed by atoms with van der Waals surface area (Å²) in [5.41, 5.74) is 1.76. The average Bonchev–Trinajstić information content (AvgIpc) is 2.61. The first kappa shape index (κ1) is 13.2. The molecule has 0 aliphatic rings. The minimum atomic E-state index is -0.121. The van der Waals surface area contributed by atoms with Crippen molar-refractivity contribution in [3.63, 3.8) is 0 Å². The minimum absolute atomic E-state index is 0.121. The molecule has 2 N–H and O–H groups in total. The predicted molar refractivity (Wildman–Crippen MR) is 73.0 cm³/mol. The number of H-pyrrole nitrogens is 2. The van der Waals surface area contributed by atoms with Gasteiger partial charge in [0.15, 0.2) is 0 Å². The van der Waals surface area contributed by atoms with E-state index < -0.39 is 0 Å². The van der Waals surface area contributed by atoms with Crippen LogP contribution in [0, 0.1) is 0 Å². The molecule has 0 saturated carbocycles. The number of rotatable bonds is 4. The molecule has 2 rings (SSSR count). The van der Waals surface area contributed by atoms with E-state index in [1.54, 1.807) is 12.1 Å². The summed E-state index contributed by atoms with van der Waals surface area (Å²) in [5.74, 6) is 0. The molecule has 0 spiro atoms. The maximum absolute atomic E-state index is 11.0. The van der Waals surface area contributed by atoms with Gasteiger partial charge in [-0.25, -0.2) is 0 Å². The zero-order valence-electron chi connectivity index (χ0n) is 9.84. The van der Waals surface area contributed by atoms with Gasteiger partial charge < -0.3 is 5.10 Å². The molecule has 2 aromatic rings. The lowest BCUT2D eigenvalue weighted by atomic mass is 10.2. The summed E-state index contributed by atoms with van der Waals surface area (Å²) in [7, 11) is 1.96. The fourth-order valence-corrected chi connectivity index (χ4v) is 2.39. The highest BCUT2D eigenvalue weighted by Gasteiger charge is 2.05. The van der Waals surface area contributed by atoms with E-state index in [0.29, 0.717) is 23.1 Å². The van der Waals surface area contributed by atoms with Gasteiger partial charge in [0.2, 0.25) is 0 Å². The molecule has 18 heavy (non-hydrogen) atoms. The minimum Gasteiger partial charge on any atom is -0.301 e. The molecule has 0 fully saturated rings. The monoisotopic (exact) mass is 285 g/mol. The molecule has 1 aromatic heterocycles. The molecule has 0 amide bonds. The van der Waals surface area contributed by atoms with Crippen molar-refractivity contribution in [2.24, 2.45) is 0 Å². The Balaban J connectivity index is 2.02. The van der Waals surface area contributed by atoms with Crippen molar-refractivity contribution >= 4 is 23.2 Å². The third-order valence-electron chi connectivity index (χ3n) is 2.47. The Bertz CT molecular complexity index is 571. The van der Waals surface area contributed by atoms with Gasteiger partial charge in [-0.1, -0.05) is 23.2 Å². The normalized spacial score (nSPS) is 11.1. The number of halogens is 2. The van der Waals surface area contributed by atoms with Gasteiger partial charge in [0, 0.05) is 29.2 Å². The molecule has 96 valence electrons. The van der Waals surface area contributed by atoms with Crippen LogP contribution < -0.4 is 5.56 Å². The highest BCUT2D eigenvalue weighted by Crippen LogP contribution is 2.20. The Labute approximate surface area is 115 Å². The van der Waals surface area contributed by atoms with Gasteiger partial charge in [0.05, 0.1) is 5.69 Å². The van der Waals surface area contributed by atoms with Gasteiger partial charge in [-0.05, 0) is 30.8 Å². The van der Waals surface area contributed by atoms with E-state index in [1.165, 1.54) is 0 Å². The van der Waals surface area contributed by atoms with Crippen LogP contribution in [0.15, 0.2) is 29.1 Å². The first-order valence-electron chi connectivity index (χ1n) is 5.43. The van der Waals surface area contributed by atoms with Gasteiger partial charge in [-0.3, -0.25) is 14.8 Å². The largest absolute Gasteiger partial charge is 0.301 e. The van der Waals surface area contributed by atoms with E-state index in [0.717, 1.165) is 11.3 Å². The van der Waals surface area contributed by atoms with Gasteiger partial charge in [0.1, 0.15) is 0 Å². The van der Waals surface area contributed by atoms with Crippen LogP contribution in [0.3, 0.4) is 0 Å². The topological polar surface area (TPSA) is 51.9 Å². The van der Waals surface area contributed by atoms with Gasteiger partial charge in [-0.15, -0.1) is 0 Å². The van der Waals surface area contributed by atoms with Crippen LogP contribution in [0.4, 0.5) is 0 Å². The van der Waals surface area contributed by atoms with Crippen molar-refractivity contribution < 1.29 is 0 Å². The van der Waals surface area contributed by atoms with Crippen LogP contribution in [0.5, 0.6) is 0 Å². The van der Waals surface area contributed by atoms with Crippen LogP contribution >= 0.6 is 23.2 Å². The van der Waals surface area contributed by atoms with E-state index in [-0.39, 0.29) is 5.56 Å². The van der Waals surface area contributed by atoms with E-state index in [4.69, 9.17) is 23.2 Å². The molecule has 0 saturated heterocycles. The third kappa shape index (κ3) is 3.63. The van der Waals surface area contributed by atoms with E-state index in [2.05, 4.69) is 15.1 Å². The predicted octanol–water partition coefficient (Wildman–Crippen LogP) is 2.64. The Hall–Kier alpha value is -1.23. The van der Waals surface area contributed by atoms with Crippen molar-refractivity contribution in [3.8, 4) is 0 Å². The molecular formula is C12H13Cl2N3O. The maximum atomic E-state index is 11.0. The molecule has 0 radical (unpaired) electrons. The standard InChI is InChI=1S/C12H13Cl2N3O/c1-17(7-11-5-12(18)16-15-11)6-8-2-9(13)4-10(14)3-8/h2-5H,6-7H2,1H3,(H2,15,16,18). The molecule has 0 unspecified atom stereocenters. The fraction of sp³-hybridized carbons (Fsp3) is 0.250. The van der Waals surface area contributed by atoms with E-state index >= 15 is 0 Å². The van der Waals surface area contributed by atoms with Crippen molar-refractivity contribution in [1.29, 1.82) is 0 Å². The number of hydrogen-bond acceptors (Lipinski definition) is 2. The van der Waals surface area contributed by atoms with Crippen LogP contribution in [0.1, 0.15) is 11.3 Å². The highest BCUT2D eigenvalue weighted by molar-refractivity contribution is 6.34. The lowest BCUT2D eigenvalue weighted by molar-refractivity contribution is 0.315. The van der Waals surface area contributed by atoms with Crippen LogP contribution in [0.25, 0.3) is 0 Å². The molecule has 6 heteroatoms. The molecule has 0 aliphatic carbocycles. The Morgan fingerprint density at radius 3 is 2.28 bits per heavy atom. The summed E-state index contributed by atoms with van der Waals surface area (Å²) in [6.45, 7) is 1.34. The second kappa shape index (κ2) is 5.61. The molecular weight excluding hydrogens is 273 g/mol. The second-order valence-corrected chi connectivity index (χ2v) is 5.11. The summed E-state index contributed by atoms with van der Waals surface area (Å²) < 4.78 is 0. The molecule has 1 aromatic carbocycles. The van der Waals surface area contributed by atoms with E-state index in [9.17, 15) is 4.79 Å². The van der Waals surface area contributed by atoms with Crippen molar-refractivity contribution in [2.45, 2.75) is 13.1 Å². The maximum Gasteiger partial charge on any atom is 0.264 e. The number of nitrogens with one attached hydrogen (secondary N) is 2. The Morgan fingerprint density at radius 2 is 1.72 bits per heavy atom. The molecule has 4 nitrogen and oxygen atoms in total. The van der Waals surface area contributed by atoms with Crippen LogP contribution in [0.2, 0.25) is 10.0 Å². The first-order chi connectivity index (χ1) is 8.52. The Kier molecular flexibility index (Phi) is 4.11. The van der Waals surface area contributed by atoms with Crippen LogP contribution in [-0.2, 0) is 13.1 Å². The fourth-order valence-electron chi connectivity index (χ4n) is 1.82.